The highest BCUT2D eigenvalue weighted by Crippen LogP contribution is 2.32. The second-order valence-corrected chi connectivity index (χ2v) is 5.00. The number of rotatable bonds is 2. The number of aliphatic hydroxyl groups excluding tert-OH is 1. The molecule has 18 heavy (non-hydrogen) atoms. The van der Waals surface area contributed by atoms with Gasteiger partial charge in [0.1, 0.15) is 11.9 Å². The number of halogens is 2. The lowest BCUT2D eigenvalue weighted by Gasteiger charge is -2.17. The summed E-state index contributed by atoms with van der Waals surface area (Å²) in [5.41, 5.74) is 8.29. The number of benzene rings is 2. The standard InChI is InChI=1S/C14H13BrFNO/c1-8-5-6-9(16)7-11(8)14(18)10-3-2-4-12(15)13(10)17/h2-7,14,18H,17H2,1H3. The summed E-state index contributed by atoms with van der Waals surface area (Å²) in [5.74, 6) is -0.372. The first-order valence-corrected chi connectivity index (χ1v) is 6.28. The molecule has 0 aliphatic rings. The third-order valence-electron chi connectivity index (χ3n) is 2.92. The minimum atomic E-state index is -0.932. The van der Waals surface area contributed by atoms with E-state index in [1.807, 2.05) is 6.92 Å². The van der Waals surface area contributed by atoms with Gasteiger partial charge >= 0.3 is 0 Å². The Balaban J connectivity index is 2.51. The van der Waals surface area contributed by atoms with Gasteiger partial charge in [0.2, 0.25) is 0 Å². The summed E-state index contributed by atoms with van der Waals surface area (Å²) in [6.07, 6.45) is -0.932. The van der Waals surface area contributed by atoms with Crippen LogP contribution in [0.2, 0.25) is 0 Å². The van der Waals surface area contributed by atoms with Crippen LogP contribution in [0.3, 0.4) is 0 Å². The van der Waals surface area contributed by atoms with E-state index in [0.717, 1.165) is 5.56 Å². The van der Waals surface area contributed by atoms with Crippen LogP contribution in [0.5, 0.6) is 0 Å². The van der Waals surface area contributed by atoms with E-state index in [4.69, 9.17) is 5.73 Å². The molecule has 0 aliphatic carbocycles. The fourth-order valence-electron chi connectivity index (χ4n) is 1.87. The highest BCUT2D eigenvalue weighted by molar-refractivity contribution is 9.10. The van der Waals surface area contributed by atoms with Gasteiger partial charge in [-0.15, -0.1) is 0 Å². The zero-order valence-corrected chi connectivity index (χ0v) is 11.4. The average molecular weight is 310 g/mol. The zero-order chi connectivity index (χ0) is 13.3. The average Bonchev–Trinajstić information content (AvgIpc) is 2.35. The summed E-state index contributed by atoms with van der Waals surface area (Å²) in [6.45, 7) is 1.83. The largest absolute Gasteiger partial charge is 0.398 e. The summed E-state index contributed by atoms with van der Waals surface area (Å²) in [4.78, 5) is 0. The van der Waals surface area contributed by atoms with Crippen molar-refractivity contribution in [2.45, 2.75) is 13.0 Å². The fourth-order valence-corrected chi connectivity index (χ4v) is 2.25. The molecule has 2 nitrogen and oxygen atoms in total. The van der Waals surface area contributed by atoms with E-state index in [9.17, 15) is 9.50 Å². The van der Waals surface area contributed by atoms with Crippen molar-refractivity contribution < 1.29 is 9.50 Å². The van der Waals surface area contributed by atoms with Gasteiger partial charge in [-0.05, 0) is 52.2 Å². The predicted molar refractivity (Wildman–Crippen MR) is 73.8 cm³/mol. The number of para-hydroxylation sites is 1. The van der Waals surface area contributed by atoms with E-state index in [1.54, 1.807) is 24.3 Å². The Kier molecular flexibility index (Phi) is 3.68. The summed E-state index contributed by atoms with van der Waals surface area (Å²) in [7, 11) is 0. The third kappa shape index (κ3) is 2.40. The van der Waals surface area contributed by atoms with Crippen LogP contribution in [0.25, 0.3) is 0 Å². The molecule has 0 spiro atoms. The van der Waals surface area contributed by atoms with Crippen LogP contribution in [0, 0.1) is 12.7 Å². The molecule has 2 aromatic carbocycles. The van der Waals surface area contributed by atoms with Crippen molar-refractivity contribution in [3.63, 3.8) is 0 Å². The lowest BCUT2D eigenvalue weighted by atomic mass is 9.96. The Morgan fingerprint density at radius 2 is 1.94 bits per heavy atom. The summed E-state index contributed by atoms with van der Waals surface area (Å²) in [6, 6.07) is 9.66. The lowest BCUT2D eigenvalue weighted by molar-refractivity contribution is 0.219. The van der Waals surface area contributed by atoms with Crippen LogP contribution in [-0.4, -0.2) is 5.11 Å². The Morgan fingerprint density at radius 3 is 2.67 bits per heavy atom. The summed E-state index contributed by atoms with van der Waals surface area (Å²) in [5, 5.41) is 10.3. The smallest absolute Gasteiger partial charge is 0.123 e. The molecule has 0 fully saturated rings. The van der Waals surface area contributed by atoms with Gasteiger partial charge in [-0.3, -0.25) is 0 Å². The molecule has 1 atom stereocenters. The minimum absolute atomic E-state index is 0.372. The molecular formula is C14H13BrFNO. The summed E-state index contributed by atoms with van der Waals surface area (Å²) >= 11 is 3.31. The van der Waals surface area contributed by atoms with Crippen molar-refractivity contribution >= 4 is 21.6 Å². The molecule has 4 heteroatoms. The number of hydrogen-bond acceptors (Lipinski definition) is 2. The maximum Gasteiger partial charge on any atom is 0.123 e. The van der Waals surface area contributed by atoms with E-state index >= 15 is 0 Å². The van der Waals surface area contributed by atoms with Gasteiger partial charge < -0.3 is 10.8 Å². The molecule has 2 aromatic rings. The molecule has 0 radical (unpaired) electrons. The Bertz CT molecular complexity index is 584. The molecule has 0 bridgehead atoms. The van der Waals surface area contributed by atoms with Crippen molar-refractivity contribution in [2.75, 3.05) is 5.73 Å². The highest BCUT2D eigenvalue weighted by Gasteiger charge is 2.17. The van der Waals surface area contributed by atoms with Crippen molar-refractivity contribution in [1.29, 1.82) is 0 Å². The molecule has 0 heterocycles. The minimum Gasteiger partial charge on any atom is -0.398 e. The Hall–Kier alpha value is -1.39. The summed E-state index contributed by atoms with van der Waals surface area (Å²) < 4.78 is 14.0. The van der Waals surface area contributed by atoms with Crippen LogP contribution in [0.1, 0.15) is 22.8 Å². The van der Waals surface area contributed by atoms with Gasteiger partial charge in [-0.25, -0.2) is 4.39 Å². The van der Waals surface area contributed by atoms with Gasteiger partial charge in [0.25, 0.3) is 0 Å². The molecule has 0 amide bonds. The first kappa shape index (κ1) is 13.1. The van der Waals surface area contributed by atoms with Gasteiger partial charge in [0.15, 0.2) is 0 Å². The second kappa shape index (κ2) is 5.08. The maximum atomic E-state index is 13.3. The van der Waals surface area contributed by atoms with Gasteiger partial charge in [-0.1, -0.05) is 18.2 Å². The molecule has 0 aliphatic heterocycles. The van der Waals surface area contributed by atoms with Crippen LogP contribution >= 0.6 is 15.9 Å². The second-order valence-electron chi connectivity index (χ2n) is 4.15. The molecule has 2 rings (SSSR count). The predicted octanol–water partition coefficient (Wildman–Crippen LogP) is 3.56. The van der Waals surface area contributed by atoms with Gasteiger partial charge in [0.05, 0.1) is 5.69 Å². The van der Waals surface area contributed by atoms with Gasteiger partial charge in [-0.2, -0.15) is 0 Å². The monoisotopic (exact) mass is 309 g/mol. The molecule has 3 N–H and O–H groups in total. The van der Waals surface area contributed by atoms with Crippen LogP contribution < -0.4 is 5.73 Å². The van der Waals surface area contributed by atoms with Crippen molar-refractivity contribution in [3.05, 3.63) is 63.4 Å². The molecule has 1 unspecified atom stereocenters. The number of anilines is 1. The van der Waals surface area contributed by atoms with Crippen LogP contribution in [0.15, 0.2) is 40.9 Å². The van der Waals surface area contributed by atoms with E-state index in [-0.39, 0.29) is 5.82 Å². The highest BCUT2D eigenvalue weighted by atomic mass is 79.9. The maximum absolute atomic E-state index is 13.3. The fraction of sp³-hybridized carbons (Fsp3) is 0.143. The van der Waals surface area contributed by atoms with Gasteiger partial charge in [0, 0.05) is 10.0 Å². The topological polar surface area (TPSA) is 46.2 Å². The SMILES string of the molecule is Cc1ccc(F)cc1C(O)c1cccc(Br)c1N. The number of aliphatic hydroxyl groups is 1. The van der Waals surface area contributed by atoms with E-state index in [0.29, 0.717) is 21.3 Å². The van der Waals surface area contributed by atoms with E-state index in [1.165, 1.54) is 12.1 Å². The zero-order valence-electron chi connectivity index (χ0n) is 9.82. The Morgan fingerprint density at radius 1 is 1.22 bits per heavy atom. The van der Waals surface area contributed by atoms with Crippen LogP contribution in [-0.2, 0) is 0 Å². The van der Waals surface area contributed by atoms with E-state index in [2.05, 4.69) is 15.9 Å². The number of nitrogens with two attached hydrogens (primary N) is 1. The molecule has 94 valence electrons. The van der Waals surface area contributed by atoms with Crippen LogP contribution in [0.4, 0.5) is 10.1 Å². The third-order valence-corrected chi connectivity index (χ3v) is 3.61. The first-order chi connectivity index (χ1) is 8.50. The lowest BCUT2D eigenvalue weighted by Crippen LogP contribution is -2.06. The quantitative estimate of drug-likeness (QED) is 0.833. The van der Waals surface area contributed by atoms with Crippen molar-refractivity contribution in [3.8, 4) is 0 Å². The van der Waals surface area contributed by atoms with E-state index < -0.39 is 6.10 Å². The number of hydrogen-bond donors (Lipinski definition) is 2. The molecule has 0 aromatic heterocycles. The Labute approximate surface area is 113 Å². The first-order valence-electron chi connectivity index (χ1n) is 5.48. The van der Waals surface area contributed by atoms with Crippen molar-refractivity contribution in [1.82, 2.24) is 0 Å². The molecule has 0 saturated heterocycles. The molecule has 0 saturated carbocycles. The number of aryl methyl sites for hydroxylation is 1. The normalized spacial score (nSPS) is 12.4. The van der Waals surface area contributed by atoms with Crippen molar-refractivity contribution in [2.24, 2.45) is 0 Å². The molecular weight excluding hydrogens is 297 g/mol. The number of nitrogen functional groups attached to an aromatic ring is 1.